The number of amides is 2. The van der Waals surface area contributed by atoms with Gasteiger partial charge in [0.1, 0.15) is 5.82 Å². The van der Waals surface area contributed by atoms with E-state index in [0.717, 1.165) is 0 Å². The molecule has 0 saturated heterocycles. The lowest BCUT2D eigenvalue weighted by molar-refractivity contribution is 0.259. The van der Waals surface area contributed by atoms with Gasteiger partial charge in [-0.15, -0.1) is 12.4 Å². The molecule has 5 N–H and O–H groups in total. The second-order valence-electron chi connectivity index (χ2n) is 2.47. The van der Waals surface area contributed by atoms with Gasteiger partial charge in [-0.1, -0.05) is 0 Å². The second kappa shape index (κ2) is 5.82. The lowest BCUT2D eigenvalue weighted by Gasteiger charge is -2.00. The molecule has 0 aliphatic carbocycles. The average molecular weight is 233 g/mol. The predicted octanol–water partition coefficient (Wildman–Crippen LogP) is 1.05. The second-order valence-corrected chi connectivity index (χ2v) is 2.47. The molecule has 0 saturated carbocycles. The van der Waals surface area contributed by atoms with E-state index < -0.39 is 6.03 Å². The van der Waals surface area contributed by atoms with Crippen LogP contribution in [0.2, 0.25) is 0 Å². The summed E-state index contributed by atoms with van der Waals surface area (Å²) in [7, 11) is 0. The van der Waals surface area contributed by atoms with Crippen molar-refractivity contribution in [3.63, 3.8) is 0 Å². The molecule has 82 valence electrons. The maximum absolute atomic E-state index is 12.5. The molecule has 0 heterocycles. The van der Waals surface area contributed by atoms with Gasteiger partial charge < -0.3 is 16.8 Å². The number of nitrogens with zero attached hydrogens (tertiary/aromatic N) is 1. The van der Waals surface area contributed by atoms with Crippen molar-refractivity contribution in [2.45, 2.75) is 0 Å². The van der Waals surface area contributed by atoms with E-state index in [0.29, 0.717) is 5.69 Å². The minimum Gasteiger partial charge on any atom is -0.370 e. The third-order valence-corrected chi connectivity index (χ3v) is 1.33. The molecule has 0 fully saturated rings. The quantitative estimate of drug-likeness (QED) is 0.499. The number of nitrogens with one attached hydrogen (secondary N) is 1. The number of urea groups is 1. The van der Waals surface area contributed by atoms with Gasteiger partial charge in [0, 0.05) is 5.69 Å². The Hall–Kier alpha value is -1.82. The number of carbonyl (C=O) groups excluding carboxylic acids is 1. The Labute approximate surface area is 91.8 Å². The summed E-state index contributed by atoms with van der Waals surface area (Å²) >= 11 is 0. The summed E-state index contributed by atoms with van der Waals surface area (Å²) < 4.78 is 12.5. The summed E-state index contributed by atoms with van der Waals surface area (Å²) in [5.41, 5.74) is 10.4. The maximum Gasteiger partial charge on any atom is 0.348 e. The van der Waals surface area contributed by atoms with Gasteiger partial charge in [-0.3, -0.25) is 0 Å². The third-order valence-electron chi connectivity index (χ3n) is 1.33. The standard InChI is InChI=1S/C8H9FN4O.ClH/c9-5-1-3-6(4-2-5)12-8(14)13-7(10)11;/h1-4H,(H5,10,11,12,13,14);1H. The number of benzene rings is 1. The van der Waals surface area contributed by atoms with E-state index in [2.05, 4.69) is 10.3 Å². The number of anilines is 1. The largest absolute Gasteiger partial charge is 0.370 e. The van der Waals surface area contributed by atoms with Crippen molar-refractivity contribution < 1.29 is 9.18 Å². The van der Waals surface area contributed by atoms with E-state index in [1.165, 1.54) is 24.3 Å². The van der Waals surface area contributed by atoms with Gasteiger partial charge in [0.05, 0.1) is 0 Å². The molecule has 1 rings (SSSR count). The first-order valence-corrected chi connectivity index (χ1v) is 3.74. The van der Waals surface area contributed by atoms with Gasteiger partial charge in [0.15, 0.2) is 5.96 Å². The molecule has 15 heavy (non-hydrogen) atoms. The summed E-state index contributed by atoms with van der Waals surface area (Å²) in [5.74, 6) is -0.713. The van der Waals surface area contributed by atoms with Gasteiger partial charge in [-0.25, -0.2) is 9.18 Å². The molecule has 0 aromatic heterocycles. The zero-order chi connectivity index (χ0) is 10.6. The molecule has 0 bridgehead atoms. The number of nitrogens with two attached hydrogens (primary N) is 2. The van der Waals surface area contributed by atoms with Gasteiger partial charge in [0.25, 0.3) is 0 Å². The Kier molecular flexibility index (Phi) is 5.11. The number of carbonyl (C=O) groups is 1. The van der Waals surface area contributed by atoms with Crippen molar-refractivity contribution in [1.82, 2.24) is 0 Å². The molecule has 0 radical (unpaired) electrons. The number of hydrogen-bond donors (Lipinski definition) is 3. The van der Waals surface area contributed by atoms with Crippen LogP contribution in [-0.2, 0) is 0 Å². The summed E-state index contributed by atoms with van der Waals surface area (Å²) in [6.45, 7) is 0. The number of halogens is 2. The number of rotatable bonds is 1. The molecule has 7 heteroatoms. The SMILES string of the molecule is Cl.NC(N)=NC(=O)Nc1ccc(F)cc1. The van der Waals surface area contributed by atoms with E-state index in [4.69, 9.17) is 11.5 Å². The molecule has 0 aliphatic rings. The van der Waals surface area contributed by atoms with Crippen LogP contribution in [0.4, 0.5) is 14.9 Å². The van der Waals surface area contributed by atoms with Gasteiger partial charge in [0.2, 0.25) is 0 Å². The molecule has 1 aromatic rings. The first-order chi connectivity index (χ1) is 6.58. The molecule has 0 unspecified atom stereocenters. The predicted molar refractivity (Wildman–Crippen MR) is 58.5 cm³/mol. The Morgan fingerprint density at radius 2 is 1.80 bits per heavy atom. The summed E-state index contributed by atoms with van der Waals surface area (Å²) in [6.07, 6.45) is 0. The Bertz CT molecular complexity index is 361. The zero-order valence-corrected chi connectivity index (χ0v) is 8.42. The van der Waals surface area contributed by atoms with Crippen LogP contribution in [0.3, 0.4) is 0 Å². The lowest BCUT2D eigenvalue weighted by Crippen LogP contribution is -2.25. The minimum atomic E-state index is -0.698. The van der Waals surface area contributed by atoms with Crippen LogP contribution in [-0.4, -0.2) is 12.0 Å². The van der Waals surface area contributed by atoms with E-state index >= 15 is 0 Å². The van der Waals surface area contributed by atoms with Gasteiger partial charge in [-0.05, 0) is 24.3 Å². The number of aliphatic imine (C=N–C) groups is 1. The Balaban J connectivity index is 0.00000196. The summed E-state index contributed by atoms with van der Waals surface area (Å²) in [5, 5.41) is 2.35. The van der Waals surface area contributed by atoms with Crippen LogP contribution < -0.4 is 16.8 Å². The van der Waals surface area contributed by atoms with Crippen LogP contribution >= 0.6 is 12.4 Å². The molecule has 5 nitrogen and oxygen atoms in total. The first kappa shape index (κ1) is 13.2. The number of guanidine groups is 1. The highest BCUT2D eigenvalue weighted by Crippen LogP contribution is 2.08. The molecule has 0 spiro atoms. The molecular weight excluding hydrogens is 223 g/mol. The first-order valence-electron chi connectivity index (χ1n) is 3.74. The normalized spacial score (nSPS) is 8.60. The average Bonchev–Trinajstić information content (AvgIpc) is 2.07. The minimum absolute atomic E-state index is 0. The van der Waals surface area contributed by atoms with E-state index in [9.17, 15) is 9.18 Å². The van der Waals surface area contributed by atoms with Crippen molar-refractivity contribution in [1.29, 1.82) is 0 Å². The van der Waals surface area contributed by atoms with Crippen molar-refractivity contribution in [2.24, 2.45) is 16.5 Å². The Morgan fingerprint density at radius 1 is 1.27 bits per heavy atom. The highest BCUT2D eigenvalue weighted by Gasteiger charge is 1.99. The van der Waals surface area contributed by atoms with Crippen molar-refractivity contribution in [3.8, 4) is 0 Å². The molecule has 1 aromatic carbocycles. The molecule has 2 amide bonds. The monoisotopic (exact) mass is 232 g/mol. The fourth-order valence-electron chi connectivity index (χ4n) is 0.802. The van der Waals surface area contributed by atoms with Crippen molar-refractivity contribution >= 4 is 30.1 Å². The van der Waals surface area contributed by atoms with Crippen molar-refractivity contribution in [3.05, 3.63) is 30.1 Å². The summed E-state index contributed by atoms with van der Waals surface area (Å²) in [6, 6.07) is 4.53. The van der Waals surface area contributed by atoms with E-state index in [-0.39, 0.29) is 24.2 Å². The van der Waals surface area contributed by atoms with Crippen LogP contribution in [0.5, 0.6) is 0 Å². The topological polar surface area (TPSA) is 93.5 Å². The third kappa shape index (κ3) is 4.82. The van der Waals surface area contributed by atoms with Crippen LogP contribution in [0.1, 0.15) is 0 Å². The molecule has 0 aliphatic heterocycles. The highest BCUT2D eigenvalue weighted by atomic mass is 35.5. The maximum atomic E-state index is 12.5. The molecule has 0 atom stereocenters. The van der Waals surface area contributed by atoms with Gasteiger partial charge >= 0.3 is 6.03 Å². The van der Waals surface area contributed by atoms with Crippen molar-refractivity contribution in [2.75, 3.05) is 5.32 Å². The van der Waals surface area contributed by atoms with Gasteiger partial charge in [-0.2, -0.15) is 4.99 Å². The fourth-order valence-corrected chi connectivity index (χ4v) is 0.802. The molecular formula is C8H10ClFN4O. The number of hydrogen-bond acceptors (Lipinski definition) is 1. The van der Waals surface area contributed by atoms with Crippen LogP contribution in [0.25, 0.3) is 0 Å². The fraction of sp³-hybridized carbons (Fsp3) is 0. The van der Waals surface area contributed by atoms with E-state index in [1.807, 2.05) is 0 Å². The smallest absolute Gasteiger partial charge is 0.348 e. The lowest BCUT2D eigenvalue weighted by atomic mass is 10.3. The highest BCUT2D eigenvalue weighted by molar-refractivity contribution is 5.97. The van der Waals surface area contributed by atoms with Crippen LogP contribution in [0, 0.1) is 5.82 Å². The zero-order valence-electron chi connectivity index (χ0n) is 7.61. The van der Waals surface area contributed by atoms with Crippen LogP contribution in [0.15, 0.2) is 29.3 Å². The Morgan fingerprint density at radius 3 is 2.27 bits per heavy atom. The van der Waals surface area contributed by atoms with E-state index in [1.54, 1.807) is 0 Å². The summed E-state index contributed by atoms with van der Waals surface area (Å²) in [4.78, 5) is 14.2.